The summed E-state index contributed by atoms with van der Waals surface area (Å²) in [4.78, 5) is 4.47. The first kappa shape index (κ1) is 12.7. The van der Waals surface area contributed by atoms with Gasteiger partial charge in [-0.15, -0.1) is 0 Å². The Hall–Kier alpha value is -2.01. The van der Waals surface area contributed by atoms with Crippen LogP contribution in [0.3, 0.4) is 0 Å². The molecule has 2 aromatic rings. The Bertz CT molecular complexity index is 677. The van der Waals surface area contributed by atoms with Crippen molar-refractivity contribution in [1.29, 1.82) is 0 Å². The summed E-state index contributed by atoms with van der Waals surface area (Å²) in [5.74, 6) is 2.45. The summed E-state index contributed by atoms with van der Waals surface area (Å²) in [5, 5.41) is 5.58. The van der Waals surface area contributed by atoms with E-state index < -0.39 is 0 Å². The molecule has 1 aliphatic heterocycles. The number of fused-ring (bicyclic) bond motifs is 2. The summed E-state index contributed by atoms with van der Waals surface area (Å²) in [7, 11) is 1.79. The average molecular weight is 286 g/mol. The van der Waals surface area contributed by atoms with Crippen LogP contribution in [0, 0.1) is 0 Å². The molecule has 1 aromatic heterocycles. The Labute approximate surface area is 123 Å². The predicted molar refractivity (Wildman–Crippen MR) is 79.9 cm³/mol. The molecule has 1 fully saturated rings. The van der Waals surface area contributed by atoms with E-state index in [4.69, 9.17) is 14.2 Å². The molecule has 0 amide bonds. The van der Waals surface area contributed by atoms with Crippen LogP contribution in [0.5, 0.6) is 11.5 Å². The fourth-order valence-corrected chi connectivity index (χ4v) is 2.97. The second-order valence-electron chi connectivity index (χ2n) is 5.68. The van der Waals surface area contributed by atoms with Gasteiger partial charge in [-0.25, -0.2) is 4.98 Å². The number of ether oxygens (including phenoxy) is 3. The predicted octanol–water partition coefficient (Wildman–Crippen LogP) is 2.94. The molecule has 21 heavy (non-hydrogen) atoms. The van der Waals surface area contributed by atoms with Crippen molar-refractivity contribution >= 4 is 16.6 Å². The first-order chi connectivity index (χ1) is 10.3. The number of anilines is 1. The first-order valence-corrected chi connectivity index (χ1v) is 7.27. The summed E-state index contributed by atoms with van der Waals surface area (Å²) in [6, 6.07) is 5.98. The number of nitrogens with zero attached hydrogens (tertiary/aromatic N) is 1. The van der Waals surface area contributed by atoms with Crippen LogP contribution >= 0.6 is 0 Å². The average Bonchev–Trinajstić information content (AvgIpc) is 2.91. The smallest absolute Gasteiger partial charge is 0.231 e. The van der Waals surface area contributed by atoms with Crippen molar-refractivity contribution in [2.75, 3.05) is 25.8 Å². The molecule has 1 aromatic carbocycles. The number of rotatable bonds is 4. The first-order valence-electron chi connectivity index (χ1n) is 7.27. The Morgan fingerprint density at radius 2 is 2.10 bits per heavy atom. The Balaban J connectivity index is 1.65. The summed E-state index contributed by atoms with van der Waals surface area (Å²) in [6.07, 6.45) is 5.26. The maximum absolute atomic E-state index is 5.65. The van der Waals surface area contributed by atoms with Gasteiger partial charge in [-0.05, 0) is 42.8 Å². The number of methoxy groups -OCH3 is 1. The fraction of sp³-hybridized carbons (Fsp3) is 0.438. The molecule has 1 aliphatic carbocycles. The van der Waals surface area contributed by atoms with Crippen molar-refractivity contribution in [2.24, 2.45) is 0 Å². The van der Waals surface area contributed by atoms with Crippen molar-refractivity contribution in [1.82, 2.24) is 4.98 Å². The van der Waals surface area contributed by atoms with Crippen LogP contribution in [0.1, 0.15) is 19.3 Å². The number of pyridine rings is 1. The van der Waals surface area contributed by atoms with E-state index in [0.29, 0.717) is 0 Å². The highest BCUT2D eigenvalue weighted by Gasteiger charge is 2.36. The van der Waals surface area contributed by atoms with Gasteiger partial charge >= 0.3 is 0 Å². The second-order valence-corrected chi connectivity index (χ2v) is 5.68. The van der Waals surface area contributed by atoms with Gasteiger partial charge in [0.2, 0.25) is 6.79 Å². The minimum Gasteiger partial charge on any atom is -0.454 e. The lowest BCUT2D eigenvalue weighted by Gasteiger charge is -2.40. The van der Waals surface area contributed by atoms with Gasteiger partial charge in [0.15, 0.2) is 11.5 Å². The largest absolute Gasteiger partial charge is 0.454 e. The molecule has 5 heteroatoms. The van der Waals surface area contributed by atoms with Crippen molar-refractivity contribution in [2.45, 2.75) is 24.9 Å². The highest BCUT2D eigenvalue weighted by molar-refractivity contribution is 5.94. The Kier molecular flexibility index (Phi) is 2.89. The molecule has 0 unspecified atom stereocenters. The maximum Gasteiger partial charge on any atom is 0.231 e. The van der Waals surface area contributed by atoms with E-state index in [1.165, 1.54) is 6.42 Å². The number of nitrogens with one attached hydrogen (secondary N) is 1. The third kappa shape index (κ3) is 2.08. The van der Waals surface area contributed by atoms with Crippen LogP contribution in [0.25, 0.3) is 10.8 Å². The van der Waals surface area contributed by atoms with Gasteiger partial charge in [0.25, 0.3) is 0 Å². The number of aromatic nitrogens is 1. The second kappa shape index (κ2) is 4.77. The number of hydrogen-bond acceptors (Lipinski definition) is 5. The van der Waals surface area contributed by atoms with Crippen molar-refractivity contribution in [3.05, 3.63) is 24.4 Å². The summed E-state index contributed by atoms with van der Waals surface area (Å²) in [6.45, 7) is 1.07. The van der Waals surface area contributed by atoms with Crippen LogP contribution in [0.4, 0.5) is 5.82 Å². The van der Waals surface area contributed by atoms with E-state index in [9.17, 15) is 0 Å². The number of hydrogen-bond donors (Lipinski definition) is 1. The molecule has 2 aliphatic rings. The van der Waals surface area contributed by atoms with Gasteiger partial charge in [0.05, 0.1) is 5.60 Å². The lowest BCUT2D eigenvalue weighted by atomic mass is 9.80. The fourth-order valence-electron chi connectivity index (χ4n) is 2.97. The highest BCUT2D eigenvalue weighted by Crippen LogP contribution is 2.39. The Morgan fingerprint density at radius 3 is 2.81 bits per heavy atom. The lowest BCUT2D eigenvalue weighted by molar-refractivity contribution is -0.0601. The summed E-state index contributed by atoms with van der Waals surface area (Å²) < 4.78 is 16.5. The van der Waals surface area contributed by atoms with E-state index >= 15 is 0 Å². The minimum absolute atomic E-state index is 0.0276. The zero-order chi connectivity index (χ0) is 14.3. The van der Waals surface area contributed by atoms with Gasteiger partial charge in [-0.1, -0.05) is 0 Å². The third-order valence-corrected chi connectivity index (χ3v) is 4.53. The molecule has 0 spiro atoms. The van der Waals surface area contributed by atoms with Crippen molar-refractivity contribution in [3.8, 4) is 11.5 Å². The molecule has 2 heterocycles. The van der Waals surface area contributed by atoms with Gasteiger partial charge in [-0.3, -0.25) is 0 Å². The zero-order valence-electron chi connectivity index (χ0n) is 12.0. The molecule has 0 bridgehead atoms. The van der Waals surface area contributed by atoms with E-state index in [0.717, 1.165) is 47.5 Å². The Morgan fingerprint density at radius 1 is 1.29 bits per heavy atom. The van der Waals surface area contributed by atoms with E-state index in [1.54, 1.807) is 7.11 Å². The van der Waals surface area contributed by atoms with Crippen molar-refractivity contribution < 1.29 is 14.2 Å². The molecule has 0 atom stereocenters. The minimum atomic E-state index is -0.0276. The standard InChI is InChI=1S/C16H18N2O3/c1-19-16(4-2-5-16)9-18-15-12-8-14-13(20-10-21-14)7-11(12)3-6-17-15/h3,6-8H,2,4-5,9-10H2,1H3,(H,17,18). The van der Waals surface area contributed by atoms with Crippen LogP contribution in [-0.2, 0) is 4.74 Å². The summed E-state index contributed by atoms with van der Waals surface area (Å²) >= 11 is 0. The molecule has 1 saturated carbocycles. The van der Waals surface area contributed by atoms with Crippen LogP contribution in [0.15, 0.2) is 24.4 Å². The van der Waals surface area contributed by atoms with Gasteiger partial charge in [-0.2, -0.15) is 0 Å². The van der Waals surface area contributed by atoms with Crippen LogP contribution in [-0.4, -0.2) is 31.0 Å². The highest BCUT2D eigenvalue weighted by atomic mass is 16.7. The van der Waals surface area contributed by atoms with E-state index in [2.05, 4.69) is 10.3 Å². The SMILES string of the molecule is COC1(CNc2nccc3cc4c(cc23)OCO4)CCC1. The van der Waals surface area contributed by atoms with Crippen LogP contribution in [0.2, 0.25) is 0 Å². The topological polar surface area (TPSA) is 52.6 Å². The normalized spacial score (nSPS) is 18.5. The molecule has 0 saturated heterocycles. The molecular weight excluding hydrogens is 268 g/mol. The lowest BCUT2D eigenvalue weighted by Crippen LogP contribution is -2.45. The molecule has 0 radical (unpaired) electrons. The molecule has 5 nitrogen and oxygen atoms in total. The number of benzene rings is 1. The van der Waals surface area contributed by atoms with Crippen molar-refractivity contribution in [3.63, 3.8) is 0 Å². The molecule has 4 rings (SSSR count). The van der Waals surface area contributed by atoms with Crippen LogP contribution < -0.4 is 14.8 Å². The van der Waals surface area contributed by atoms with Gasteiger partial charge < -0.3 is 19.5 Å². The van der Waals surface area contributed by atoms with Gasteiger partial charge in [0, 0.05) is 25.2 Å². The van der Waals surface area contributed by atoms with E-state index in [-0.39, 0.29) is 12.4 Å². The van der Waals surface area contributed by atoms with E-state index in [1.807, 2.05) is 24.4 Å². The maximum atomic E-state index is 5.65. The monoisotopic (exact) mass is 286 g/mol. The zero-order valence-corrected chi connectivity index (χ0v) is 12.0. The molecular formula is C16H18N2O3. The van der Waals surface area contributed by atoms with Gasteiger partial charge in [0.1, 0.15) is 5.82 Å². The quantitative estimate of drug-likeness (QED) is 0.936. The third-order valence-electron chi connectivity index (χ3n) is 4.53. The molecule has 1 N–H and O–H groups in total. The summed E-state index contributed by atoms with van der Waals surface area (Å²) in [5.41, 5.74) is -0.0276. The molecule has 110 valence electrons.